The van der Waals surface area contributed by atoms with Gasteiger partial charge in [0.15, 0.2) is 0 Å². The highest BCUT2D eigenvalue weighted by molar-refractivity contribution is 5.10. The van der Waals surface area contributed by atoms with Gasteiger partial charge in [-0.25, -0.2) is 4.98 Å². The van der Waals surface area contributed by atoms with E-state index in [4.69, 9.17) is 5.26 Å². The highest BCUT2D eigenvalue weighted by Gasteiger charge is 2.04. The first-order valence-corrected chi connectivity index (χ1v) is 4.19. The van der Waals surface area contributed by atoms with E-state index in [9.17, 15) is 0 Å². The van der Waals surface area contributed by atoms with Gasteiger partial charge >= 0.3 is 0 Å². The first-order chi connectivity index (χ1) is 5.77. The summed E-state index contributed by atoms with van der Waals surface area (Å²) in [5.74, 6) is 1.11. The maximum Gasteiger partial charge on any atom is 0.212 e. The second kappa shape index (κ2) is 3.91. The van der Waals surface area contributed by atoms with E-state index in [-0.39, 0.29) is 0 Å². The Morgan fingerprint density at radius 2 is 2.50 bits per heavy atom. The molecule has 0 bridgehead atoms. The zero-order chi connectivity index (χ0) is 8.97. The van der Waals surface area contributed by atoms with Crippen molar-refractivity contribution in [1.29, 1.82) is 5.26 Å². The molecule has 0 amide bonds. The minimum Gasteiger partial charge on any atom is -0.322 e. The van der Waals surface area contributed by atoms with Gasteiger partial charge in [0.05, 0.1) is 0 Å². The fourth-order valence-corrected chi connectivity index (χ4v) is 1.03. The zero-order valence-electron chi connectivity index (χ0n) is 7.49. The zero-order valence-corrected chi connectivity index (χ0v) is 7.49. The maximum atomic E-state index is 8.66. The van der Waals surface area contributed by atoms with Crippen LogP contribution in [0.3, 0.4) is 0 Å². The lowest BCUT2D eigenvalue weighted by molar-refractivity contribution is 0.466. The van der Waals surface area contributed by atoms with E-state index in [0.29, 0.717) is 11.7 Å². The molecule has 0 aliphatic heterocycles. The average molecular weight is 163 g/mol. The summed E-state index contributed by atoms with van der Waals surface area (Å²) < 4.78 is 1.90. The number of nitriles is 1. The Kier molecular flexibility index (Phi) is 2.87. The lowest BCUT2D eigenvalue weighted by Gasteiger charge is -2.08. The molecule has 64 valence electrons. The third-order valence-electron chi connectivity index (χ3n) is 2.02. The molecule has 0 radical (unpaired) electrons. The molecule has 0 aliphatic rings. The van der Waals surface area contributed by atoms with E-state index in [1.165, 1.54) is 0 Å². The van der Waals surface area contributed by atoms with Gasteiger partial charge in [0.25, 0.3) is 0 Å². The van der Waals surface area contributed by atoms with Crippen LogP contribution in [0.25, 0.3) is 0 Å². The van der Waals surface area contributed by atoms with Crippen LogP contribution in [0.5, 0.6) is 0 Å². The highest BCUT2D eigenvalue weighted by Crippen LogP contribution is 2.06. The summed E-state index contributed by atoms with van der Waals surface area (Å²) >= 11 is 0. The largest absolute Gasteiger partial charge is 0.322 e. The summed E-state index contributed by atoms with van der Waals surface area (Å²) in [6.07, 6.45) is 4.65. The molecule has 0 saturated carbocycles. The number of hydrogen-bond acceptors (Lipinski definition) is 2. The van der Waals surface area contributed by atoms with Crippen LogP contribution >= 0.6 is 0 Å². The molecule has 1 aromatic rings. The number of rotatable bonds is 3. The molecule has 0 fully saturated rings. The summed E-state index contributed by atoms with van der Waals surface area (Å²) in [5.41, 5.74) is 0. The van der Waals surface area contributed by atoms with Crippen LogP contribution in [-0.4, -0.2) is 9.55 Å². The van der Waals surface area contributed by atoms with Crippen molar-refractivity contribution in [2.45, 2.75) is 26.8 Å². The average Bonchev–Trinajstić information content (AvgIpc) is 2.51. The van der Waals surface area contributed by atoms with E-state index < -0.39 is 0 Å². The minimum absolute atomic E-state index is 0.510. The van der Waals surface area contributed by atoms with Crippen molar-refractivity contribution in [2.24, 2.45) is 5.92 Å². The number of imidazole rings is 1. The molecule has 0 spiro atoms. The molecule has 3 heteroatoms. The lowest BCUT2D eigenvalue weighted by atomic mass is 10.1. The second-order valence-electron chi connectivity index (χ2n) is 3.03. The van der Waals surface area contributed by atoms with Crippen molar-refractivity contribution in [2.75, 3.05) is 0 Å². The summed E-state index contributed by atoms with van der Waals surface area (Å²) in [4.78, 5) is 3.92. The van der Waals surface area contributed by atoms with Crippen LogP contribution in [0.15, 0.2) is 12.4 Å². The standard InChI is InChI=1S/C9H13N3/c1-3-8(2)7-12-5-4-11-9(12)6-10/h4-5,8H,3,7H2,1-2H3. The van der Waals surface area contributed by atoms with Crippen LogP contribution in [0.2, 0.25) is 0 Å². The molecule has 0 aromatic carbocycles. The van der Waals surface area contributed by atoms with Gasteiger partial charge in [0, 0.05) is 18.9 Å². The van der Waals surface area contributed by atoms with E-state index in [2.05, 4.69) is 24.9 Å². The van der Waals surface area contributed by atoms with Crippen molar-refractivity contribution in [3.63, 3.8) is 0 Å². The topological polar surface area (TPSA) is 41.6 Å². The summed E-state index contributed by atoms with van der Waals surface area (Å²) in [5, 5.41) is 8.66. The lowest BCUT2D eigenvalue weighted by Crippen LogP contribution is -2.07. The Bertz CT molecular complexity index is 282. The van der Waals surface area contributed by atoms with Gasteiger partial charge in [-0.15, -0.1) is 0 Å². The SMILES string of the molecule is CCC(C)Cn1ccnc1C#N. The molecule has 1 heterocycles. The van der Waals surface area contributed by atoms with Crippen LogP contribution in [0, 0.1) is 17.2 Å². The van der Waals surface area contributed by atoms with Gasteiger partial charge in [0.2, 0.25) is 5.82 Å². The normalized spacial score (nSPS) is 12.4. The number of hydrogen-bond donors (Lipinski definition) is 0. The Hall–Kier alpha value is -1.30. The van der Waals surface area contributed by atoms with Gasteiger partial charge in [-0.05, 0) is 5.92 Å². The third-order valence-corrected chi connectivity index (χ3v) is 2.02. The Labute approximate surface area is 72.7 Å². The molecule has 1 atom stereocenters. The molecular formula is C9H13N3. The van der Waals surface area contributed by atoms with Crippen molar-refractivity contribution in [1.82, 2.24) is 9.55 Å². The molecule has 3 nitrogen and oxygen atoms in total. The smallest absolute Gasteiger partial charge is 0.212 e. The molecule has 1 rings (SSSR count). The van der Waals surface area contributed by atoms with Gasteiger partial charge in [-0.1, -0.05) is 20.3 Å². The number of aromatic nitrogens is 2. The summed E-state index contributed by atoms with van der Waals surface area (Å²) in [6.45, 7) is 5.20. The second-order valence-corrected chi connectivity index (χ2v) is 3.03. The third kappa shape index (κ3) is 1.85. The fraction of sp³-hybridized carbons (Fsp3) is 0.556. The number of nitrogens with zero attached hydrogens (tertiary/aromatic N) is 3. The predicted molar refractivity (Wildman–Crippen MR) is 46.4 cm³/mol. The summed E-state index contributed by atoms with van der Waals surface area (Å²) in [6, 6.07) is 2.06. The van der Waals surface area contributed by atoms with Crippen LogP contribution in [0.4, 0.5) is 0 Å². The minimum atomic E-state index is 0.510. The Morgan fingerprint density at radius 3 is 3.08 bits per heavy atom. The fourth-order valence-electron chi connectivity index (χ4n) is 1.03. The van der Waals surface area contributed by atoms with Crippen molar-refractivity contribution < 1.29 is 0 Å². The van der Waals surface area contributed by atoms with E-state index in [1.807, 2.05) is 10.8 Å². The maximum absolute atomic E-state index is 8.66. The van der Waals surface area contributed by atoms with E-state index in [1.54, 1.807) is 6.20 Å². The molecule has 0 N–H and O–H groups in total. The first-order valence-electron chi connectivity index (χ1n) is 4.19. The Balaban J connectivity index is 2.69. The van der Waals surface area contributed by atoms with Gasteiger partial charge < -0.3 is 4.57 Å². The monoisotopic (exact) mass is 163 g/mol. The summed E-state index contributed by atoms with van der Waals surface area (Å²) in [7, 11) is 0. The van der Waals surface area contributed by atoms with Crippen molar-refractivity contribution >= 4 is 0 Å². The molecule has 0 saturated heterocycles. The van der Waals surface area contributed by atoms with Gasteiger partial charge in [0.1, 0.15) is 6.07 Å². The van der Waals surface area contributed by atoms with Crippen LogP contribution in [0.1, 0.15) is 26.1 Å². The van der Waals surface area contributed by atoms with Crippen molar-refractivity contribution in [3.05, 3.63) is 18.2 Å². The molecular weight excluding hydrogens is 150 g/mol. The van der Waals surface area contributed by atoms with Crippen LogP contribution < -0.4 is 0 Å². The molecule has 1 aromatic heterocycles. The predicted octanol–water partition coefficient (Wildman–Crippen LogP) is 1.80. The van der Waals surface area contributed by atoms with E-state index in [0.717, 1.165) is 13.0 Å². The first kappa shape index (κ1) is 8.79. The highest BCUT2D eigenvalue weighted by atomic mass is 15.1. The van der Waals surface area contributed by atoms with Gasteiger partial charge in [-0.2, -0.15) is 5.26 Å². The Morgan fingerprint density at radius 1 is 1.75 bits per heavy atom. The molecule has 1 unspecified atom stereocenters. The van der Waals surface area contributed by atoms with Gasteiger partial charge in [-0.3, -0.25) is 0 Å². The quantitative estimate of drug-likeness (QED) is 0.681. The van der Waals surface area contributed by atoms with E-state index >= 15 is 0 Å². The molecule has 0 aliphatic carbocycles. The van der Waals surface area contributed by atoms with Crippen LogP contribution in [-0.2, 0) is 6.54 Å². The molecule has 12 heavy (non-hydrogen) atoms. The van der Waals surface area contributed by atoms with Crippen molar-refractivity contribution in [3.8, 4) is 6.07 Å².